The first-order chi connectivity index (χ1) is 16.9. The average Bonchev–Trinajstić information content (AvgIpc) is 3.16. The van der Waals surface area contributed by atoms with Crippen LogP contribution in [0.1, 0.15) is 54.4 Å². The van der Waals surface area contributed by atoms with Gasteiger partial charge in [-0.1, -0.05) is 43.2 Å². The Morgan fingerprint density at radius 3 is 2.20 bits per heavy atom. The molecule has 0 saturated carbocycles. The second kappa shape index (κ2) is 11.0. The summed E-state index contributed by atoms with van der Waals surface area (Å²) in [6.07, 6.45) is 5.91. The first-order valence-electron chi connectivity index (χ1n) is 12.5. The number of aromatic nitrogens is 2. The number of likely N-dealkylation sites (tertiary alicyclic amines) is 2. The number of hydrogen-bond donors (Lipinski definition) is 1. The molecule has 4 rings (SSSR count). The summed E-state index contributed by atoms with van der Waals surface area (Å²) in [6.45, 7) is 3.12. The number of piperidine rings is 1. The Morgan fingerprint density at radius 1 is 0.943 bits per heavy atom. The van der Waals surface area contributed by atoms with Crippen molar-refractivity contribution in [2.75, 3.05) is 38.5 Å². The first-order valence-corrected chi connectivity index (χ1v) is 12.5. The summed E-state index contributed by atoms with van der Waals surface area (Å²) in [5.74, 6) is -0.269. The lowest BCUT2D eigenvalue weighted by molar-refractivity contribution is -0.137. The van der Waals surface area contributed by atoms with Gasteiger partial charge < -0.3 is 10.6 Å². The van der Waals surface area contributed by atoms with Gasteiger partial charge in [-0.2, -0.15) is 0 Å². The second-order valence-corrected chi connectivity index (χ2v) is 9.69. The number of amides is 1. The largest absolute Gasteiger partial charge is 0.384 e. The van der Waals surface area contributed by atoms with Crippen molar-refractivity contribution in [3.05, 3.63) is 62.3 Å². The third-order valence-electron chi connectivity index (χ3n) is 7.27. The summed E-state index contributed by atoms with van der Waals surface area (Å²) in [4.78, 5) is 55.7. The van der Waals surface area contributed by atoms with Crippen molar-refractivity contribution in [2.45, 2.75) is 45.1 Å². The number of carbonyl (C=O) groups excluding carboxylic acids is 2. The average molecular weight is 482 g/mol. The molecule has 0 bridgehead atoms. The van der Waals surface area contributed by atoms with Gasteiger partial charge in [-0.3, -0.25) is 28.4 Å². The number of carbonyl (C=O) groups is 2. The van der Waals surface area contributed by atoms with Gasteiger partial charge in [-0.25, -0.2) is 4.79 Å². The quantitative estimate of drug-likeness (QED) is 0.626. The summed E-state index contributed by atoms with van der Waals surface area (Å²) in [5, 5.41) is 0. The van der Waals surface area contributed by atoms with Gasteiger partial charge >= 0.3 is 5.69 Å². The predicted octanol–water partition coefficient (Wildman–Crippen LogP) is 1.47. The van der Waals surface area contributed by atoms with Gasteiger partial charge in [0.2, 0.25) is 5.91 Å². The van der Waals surface area contributed by atoms with Gasteiger partial charge in [0, 0.05) is 26.1 Å². The van der Waals surface area contributed by atoms with Crippen LogP contribution in [0, 0.1) is 5.92 Å². The Kier molecular flexibility index (Phi) is 7.85. The number of benzene rings is 1. The van der Waals surface area contributed by atoms with Crippen LogP contribution in [0.15, 0.2) is 39.9 Å². The highest BCUT2D eigenvalue weighted by Gasteiger charge is 2.30. The number of anilines is 1. The summed E-state index contributed by atoms with van der Waals surface area (Å²) >= 11 is 0. The Labute approximate surface area is 205 Å². The van der Waals surface area contributed by atoms with Crippen LogP contribution in [-0.4, -0.2) is 63.3 Å². The maximum Gasteiger partial charge on any atom is 0.332 e. The minimum atomic E-state index is -0.673. The first kappa shape index (κ1) is 24.9. The van der Waals surface area contributed by atoms with Gasteiger partial charge in [-0.15, -0.1) is 0 Å². The Balaban J connectivity index is 1.44. The number of Topliss-reactive ketones (excluding diaryl/α,β-unsaturated/α-hetero) is 1. The normalized spacial score (nSPS) is 17.8. The molecule has 1 aromatic heterocycles. The van der Waals surface area contributed by atoms with Crippen LogP contribution in [0.3, 0.4) is 0 Å². The zero-order chi connectivity index (χ0) is 24.9. The van der Waals surface area contributed by atoms with Gasteiger partial charge in [0.1, 0.15) is 11.4 Å². The van der Waals surface area contributed by atoms with Crippen molar-refractivity contribution in [1.29, 1.82) is 0 Å². The fourth-order valence-corrected chi connectivity index (χ4v) is 5.13. The molecule has 9 heteroatoms. The zero-order valence-electron chi connectivity index (χ0n) is 20.4. The van der Waals surface area contributed by atoms with E-state index < -0.39 is 17.0 Å². The van der Waals surface area contributed by atoms with E-state index in [0.717, 1.165) is 36.1 Å². The van der Waals surface area contributed by atoms with Crippen LogP contribution >= 0.6 is 0 Å². The van der Waals surface area contributed by atoms with Crippen molar-refractivity contribution >= 4 is 17.5 Å². The maximum atomic E-state index is 13.2. The highest BCUT2D eigenvalue weighted by atomic mass is 16.2. The lowest BCUT2D eigenvalue weighted by Crippen LogP contribution is -2.46. The molecule has 188 valence electrons. The van der Waals surface area contributed by atoms with E-state index in [9.17, 15) is 19.2 Å². The number of hydrogen-bond acceptors (Lipinski definition) is 6. The minimum absolute atomic E-state index is 0.00910. The molecule has 2 aromatic rings. The van der Waals surface area contributed by atoms with Crippen LogP contribution < -0.4 is 17.0 Å². The van der Waals surface area contributed by atoms with E-state index in [1.807, 2.05) is 40.1 Å². The zero-order valence-corrected chi connectivity index (χ0v) is 20.4. The maximum absolute atomic E-state index is 13.2. The van der Waals surface area contributed by atoms with Crippen LogP contribution in [0.5, 0.6) is 0 Å². The van der Waals surface area contributed by atoms with E-state index in [2.05, 4.69) is 0 Å². The molecule has 2 aliphatic heterocycles. The highest BCUT2D eigenvalue weighted by molar-refractivity contribution is 6.01. The van der Waals surface area contributed by atoms with Crippen LogP contribution in [-0.2, 0) is 18.4 Å². The highest BCUT2D eigenvalue weighted by Crippen LogP contribution is 2.22. The second-order valence-electron chi connectivity index (χ2n) is 9.69. The van der Waals surface area contributed by atoms with Crippen molar-refractivity contribution < 1.29 is 9.59 Å². The number of nitrogens with two attached hydrogens (primary N) is 1. The molecule has 2 fully saturated rings. The van der Waals surface area contributed by atoms with Gasteiger partial charge in [0.15, 0.2) is 5.78 Å². The molecule has 2 N–H and O–H groups in total. The molecular weight excluding hydrogens is 446 g/mol. The minimum Gasteiger partial charge on any atom is -0.384 e. The predicted molar refractivity (Wildman–Crippen MR) is 134 cm³/mol. The van der Waals surface area contributed by atoms with E-state index in [0.29, 0.717) is 25.9 Å². The molecule has 1 amide bonds. The van der Waals surface area contributed by atoms with Crippen LogP contribution in [0.4, 0.5) is 5.82 Å². The number of ketones is 1. The molecule has 0 radical (unpaired) electrons. The lowest BCUT2D eigenvalue weighted by Gasteiger charge is -2.33. The van der Waals surface area contributed by atoms with Crippen molar-refractivity contribution in [1.82, 2.24) is 18.9 Å². The lowest BCUT2D eigenvalue weighted by atomic mass is 9.94. The smallest absolute Gasteiger partial charge is 0.332 e. The summed E-state index contributed by atoms with van der Waals surface area (Å²) in [6, 6.07) is 9.29. The molecule has 35 heavy (non-hydrogen) atoms. The van der Waals surface area contributed by atoms with Gasteiger partial charge in [0.25, 0.3) is 5.56 Å². The molecular formula is C26H35N5O4. The van der Waals surface area contributed by atoms with Crippen molar-refractivity contribution in [3.8, 4) is 0 Å². The standard InChI is InChI=1S/C26H35N5O4/c1-28-25(34)22(23(27)31(26(28)35)17-19-9-5-4-6-10-19)21(32)18-29-15-11-20(12-16-29)24(33)30-13-7-2-3-8-14-30/h4-6,9-10,20H,2-3,7-8,11-18,27H2,1H3. The molecule has 2 saturated heterocycles. The fourth-order valence-electron chi connectivity index (χ4n) is 5.13. The number of nitrogen functional groups attached to an aromatic ring is 1. The Morgan fingerprint density at radius 2 is 1.57 bits per heavy atom. The number of rotatable bonds is 6. The molecule has 0 atom stereocenters. The van der Waals surface area contributed by atoms with E-state index in [-0.39, 0.29) is 36.3 Å². The van der Waals surface area contributed by atoms with E-state index in [1.165, 1.54) is 24.5 Å². The number of nitrogens with zero attached hydrogens (tertiary/aromatic N) is 4. The van der Waals surface area contributed by atoms with E-state index in [4.69, 9.17) is 5.73 Å². The molecule has 0 spiro atoms. The van der Waals surface area contributed by atoms with E-state index in [1.54, 1.807) is 0 Å². The molecule has 0 unspecified atom stereocenters. The Hall–Kier alpha value is -3.20. The molecule has 1 aromatic carbocycles. The van der Waals surface area contributed by atoms with Crippen molar-refractivity contribution in [3.63, 3.8) is 0 Å². The fraction of sp³-hybridized carbons (Fsp3) is 0.538. The van der Waals surface area contributed by atoms with Crippen LogP contribution in [0.2, 0.25) is 0 Å². The molecule has 2 aliphatic rings. The van der Waals surface area contributed by atoms with Gasteiger partial charge in [-0.05, 0) is 44.3 Å². The molecule has 9 nitrogen and oxygen atoms in total. The summed E-state index contributed by atoms with van der Waals surface area (Å²) in [7, 11) is 1.36. The summed E-state index contributed by atoms with van der Waals surface area (Å²) in [5.41, 5.74) is 5.69. The third kappa shape index (κ3) is 5.56. The van der Waals surface area contributed by atoms with Crippen molar-refractivity contribution in [2.24, 2.45) is 13.0 Å². The van der Waals surface area contributed by atoms with Gasteiger partial charge in [0.05, 0.1) is 13.1 Å². The molecule has 0 aliphatic carbocycles. The summed E-state index contributed by atoms with van der Waals surface area (Å²) < 4.78 is 2.22. The van der Waals surface area contributed by atoms with Crippen LogP contribution in [0.25, 0.3) is 0 Å². The SMILES string of the molecule is Cn1c(=O)c(C(=O)CN2CCC(C(=O)N3CCCCCC3)CC2)c(N)n(Cc2ccccc2)c1=O. The Bertz CT molecular complexity index is 1170. The topological polar surface area (TPSA) is 111 Å². The van der Waals surface area contributed by atoms with E-state index >= 15 is 0 Å². The molecule has 3 heterocycles. The third-order valence-corrected chi connectivity index (χ3v) is 7.27. The monoisotopic (exact) mass is 481 g/mol.